The van der Waals surface area contributed by atoms with Crippen molar-refractivity contribution in [3.05, 3.63) is 29.3 Å². The predicted molar refractivity (Wildman–Crippen MR) is 82.5 cm³/mol. The molecule has 0 amide bonds. The van der Waals surface area contributed by atoms with Gasteiger partial charge in [0.05, 0.1) is 0 Å². The van der Waals surface area contributed by atoms with E-state index < -0.39 is 11.6 Å². The first kappa shape index (κ1) is 15.7. The summed E-state index contributed by atoms with van der Waals surface area (Å²) in [4.78, 5) is 4.17. The third-order valence-corrected chi connectivity index (χ3v) is 4.19. The van der Waals surface area contributed by atoms with Crippen molar-refractivity contribution in [3.63, 3.8) is 0 Å². The Morgan fingerprint density at radius 2 is 1.65 bits per heavy atom. The number of halogens is 3. The standard InChI is InChI=1S/C15H21BrF2N2/c1-11(2)10-19-3-5-20(6-4-19)15-13(17)7-12(9-16)8-14(15)18/h7-8,11H,3-6,9-10H2,1-2H3. The molecular weight excluding hydrogens is 326 g/mol. The van der Waals surface area contributed by atoms with Gasteiger partial charge >= 0.3 is 0 Å². The zero-order valence-electron chi connectivity index (χ0n) is 12.0. The number of hydrogen-bond acceptors (Lipinski definition) is 2. The molecule has 2 nitrogen and oxygen atoms in total. The highest BCUT2D eigenvalue weighted by Gasteiger charge is 2.23. The normalized spacial score (nSPS) is 17.0. The van der Waals surface area contributed by atoms with Crippen molar-refractivity contribution in [3.8, 4) is 0 Å². The summed E-state index contributed by atoms with van der Waals surface area (Å²) >= 11 is 3.22. The molecule has 1 aliphatic rings. The van der Waals surface area contributed by atoms with Crippen LogP contribution in [0, 0.1) is 17.6 Å². The number of piperazine rings is 1. The quantitative estimate of drug-likeness (QED) is 0.768. The highest BCUT2D eigenvalue weighted by atomic mass is 79.9. The molecule has 0 unspecified atom stereocenters. The molecule has 0 N–H and O–H groups in total. The molecule has 20 heavy (non-hydrogen) atoms. The van der Waals surface area contributed by atoms with Crippen molar-refractivity contribution in [1.29, 1.82) is 0 Å². The molecular formula is C15H21BrF2N2. The van der Waals surface area contributed by atoms with Crippen LogP contribution in [0.5, 0.6) is 0 Å². The Bertz CT molecular complexity index is 434. The van der Waals surface area contributed by atoms with Gasteiger partial charge in [0.15, 0.2) is 0 Å². The summed E-state index contributed by atoms with van der Waals surface area (Å²) in [6, 6.07) is 2.82. The Morgan fingerprint density at radius 1 is 1.10 bits per heavy atom. The van der Waals surface area contributed by atoms with Crippen LogP contribution < -0.4 is 4.90 Å². The van der Waals surface area contributed by atoms with Crippen LogP contribution in [0.3, 0.4) is 0 Å². The van der Waals surface area contributed by atoms with Gasteiger partial charge in [-0.2, -0.15) is 0 Å². The van der Waals surface area contributed by atoms with Crippen molar-refractivity contribution in [2.45, 2.75) is 19.2 Å². The number of benzene rings is 1. The Hall–Kier alpha value is -0.680. The lowest BCUT2D eigenvalue weighted by atomic mass is 10.1. The molecule has 1 fully saturated rings. The molecule has 1 heterocycles. The number of rotatable bonds is 4. The lowest BCUT2D eigenvalue weighted by Gasteiger charge is -2.37. The van der Waals surface area contributed by atoms with Gasteiger partial charge in [0.1, 0.15) is 17.3 Å². The van der Waals surface area contributed by atoms with Gasteiger partial charge in [-0.25, -0.2) is 8.78 Å². The number of alkyl halides is 1. The number of nitrogens with zero attached hydrogens (tertiary/aromatic N) is 2. The Morgan fingerprint density at radius 3 is 2.10 bits per heavy atom. The Balaban J connectivity index is 2.07. The minimum absolute atomic E-state index is 0.124. The van der Waals surface area contributed by atoms with E-state index in [-0.39, 0.29) is 5.69 Å². The second kappa shape index (κ2) is 6.85. The molecule has 1 aromatic rings. The largest absolute Gasteiger partial charge is 0.364 e. The molecule has 0 aliphatic carbocycles. The van der Waals surface area contributed by atoms with E-state index in [0.717, 1.165) is 19.6 Å². The second-order valence-electron chi connectivity index (χ2n) is 5.72. The second-order valence-corrected chi connectivity index (χ2v) is 6.28. The summed E-state index contributed by atoms with van der Waals surface area (Å²) in [6.07, 6.45) is 0. The van der Waals surface area contributed by atoms with E-state index in [9.17, 15) is 8.78 Å². The van der Waals surface area contributed by atoms with E-state index in [1.54, 1.807) is 0 Å². The van der Waals surface area contributed by atoms with Crippen molar-refractivity contribution >= 4 is 21.6 Å². The number of anilines is 1. The topological polar surface area (TPSA) is 6.48 Å². The lowest BCUT2D eigenvalue weighted by Crippen LogP contribution is -2.48. The summed E-state index contributed by atoms with van der Waals surface area (Å²) < 4.78 is 28.1. The van der Waals surface area contributed by atoms with E-state index in [0.29, 0.717) is 29.9 Å². The monoisotopic (exact) mass is 346 g/mol. The SMILES string of the molecule is CC(C)CN1CCN(c2c(F)cc(CBr)cc2F)CC1. The molecule has 0 aromatic heterocycles. The average Bonchev–Trinajstić information content (AvgIpc) is 2.39. The molecule has 0 radical (unpaired) electrons. The van der Waals surface area contributed by atoms with Crippen LogP contribution in [-0.4, -0.2) is 37.6 Å². The maximum atomic E-state index is 14.1. The van der Waals surface area contributed by atoms with Crippen LogP contribution in [-0.2, 0) is 5.33 Å². The third-order valence-electron chi connectivity index (χ3n) is 3.54. The fourth-order valence-corrected chi connectivity index (χ4v) is 2.99. The van der Waals surface area contributed by atoms with Gasteiger partial charge in [-0.1, -0.05) is 29.8 Å². The molecule has 0 spiro atoms. The van der Waals surface area contributed by atoms with E-state index in [1.165, 1.54) is 12.1 Å². The van der Waals surface area contributed by atoms with Gasteiger partial charge in [-0.3, -0.25) is 4.90 Å². The summed E-state index contributed by atoms with van der Waals surface area (Å²) in [6.45, 7) is 8.48. The molecule has 1 saturated heterocycles. The van der Waals surface area contributed by atoms with Gasteiger partial charge in [0.2, 0.25) is 0 Å². The summed E-state index contributed by atoms with van der Waals surface area (Å²) in [5.74, 6) is -0.304. The zero-order chi connectivity index (χ0) is 14.7. The maximum absolute atomic E-state index is 14.1. The van der Waals surface area contributed by atoms with Crippen molar-refractivity contribution in [2.24, 2.45) is 5.92 Å². The minimum atomic E-state index is -0.461. The maximum Gasteiger partial charge on any atom is 0.149 e. The first-order valence-corrected chi connectivity index (χ1v) is 8.14. The average molecular weight is 347 g/mol. The van der Waals surface area contributed by atoms with Crippen LogP contribution in [0.4, 0.5) is 14.5 Å². The van der Waals surface area contributed by atoms with Gasteiger partial charge in [0.25, 0.3) is 0 Å². The Kier molecular flexibility index (Phi) is 5.38. The van der Waals surface area contributed by atoms with Crippen LogP contribution in [0.25, 0.3) is 0 Å². The fraction of sp³-hybridized carbons (Fsp3) is 0.600. The van der Waals surface area contributed by atoms with Crippen LogP contribution in [0.2, 0.25) is 0 Å². The van der Waals surface area contributed by atoms with Gasteiger partial charge in [-0.15, -0.1) is 0 Å². The van der Waals surface area contributed by atoms with Gasteiger partial charge in [0, 0.05) is 38.1 Å². The summed E-state index contributed by atoms with van der Waals surface area (Å²) in [7, 11) is 0. The fourth-order valence-electron chi connectivity index (χ4n) is 2.67. The van der Waals surface area contributed by atoms with Crippen molar-refractivity contribution in [2.75, 3.05) is 37.6 Å². The molecule has 2 rings (SSSR count). The van der Waals surface area contributed by atoms with Crippen molar-refractivity contribution < 1.29 is 8.78 Å². The Labute approximate surface area is 127 Å². The first-order valence-electron chi connectivity index (χ1n) is 7.02. The highest BCUT2D eigenvalue weighted by molar-refractivity contribution is 9.08. The third kappa shape index (κ3) is 3.70. The van der Waals surface area contributed by atoms with Gasteiger partial charge < -0.3 is 4.90 Å². The zero-order valence-corrected chi connectivity index (χ0v) is 13.6. The van der Waals surface area contributed by atoms with Crippen LogP contribution >= 0.6 is 15.9 Å². The minimum Gasteiger partial charge on any atom is -0.364 e. The molecule has 0 bridgehead atoms. The van der Waals surface area contributed by atoms with Gasteiger partial charge in [-0.05, 0) is 23.6 Å². The van der Waals surface area contributed by atoms with Crippen LogP contribution in [0.15, 0.2) is 12.1 Å². The summed E-state index contributed by atoms with van der Waals surface area (Å²) in [5.41, 5.74) is 0.751. The van der Waals surface area contributed by atoms with E-state index >= 15 is 0 Å². The molecule has 5 heteroatoms. The molecule has 0 atom stereocenters. The molecule has 112 valence electrons. The van der Waals surface area contributed by atoms with E-state index in [4.69, 9.17) is 0 Å². The predicted octanol–water partition coefficient (Wildman–Crippen LogP) is 3.64. The number of hydrogen-bond donors (Lipinski definition) is 0. The molecule has 1 aromatic carbocycles. The van der Waals surface area contributed by atoms with Crippen molar-refractivity contribution in [1.82, 2.24) is 4.90 Å². The molecule has 0 saturated carbocycles. The highest BCUT2D eigenvalue weighted by Crippen LogP contribution is 2.27. The summed E-state index contributed by atoms with van der Waals surface area (Å²) in [5, 5.41) is 0.462. The lowest BCUT2D eigenvalue weighted by molar-refractivity contribution is 0.230. The van der Waals surface area contributed by atoms with E-state index in [2.05, 4.69) is 34.7 Å². The first-order chi connectivity index (χ1) is 9.51. The smallest absolute Gasteiger partial charge is 0.149 e. The molecule has 1 aliphatic heterocycles. The van der Waals surface area contributed by atoms with Crippen LogP contribution in [0.1, 0.15) is 19.4 Å². The van der Waals surface area contributed by atoms with E-state index in [1.807, 2.05) is 4.90 Å².